The standard InChI is InChI=1S/C64H95N9O18S4/c1-6-72-51-22-20-45(94(80,81)82)39-47(51)63(2,3)54(72)16-9-7-10-17-55-64(4,5)48-40-46(95(83,84)85)21-23-52(48)73(55)28-14-8-11-18-56(74)65-24-29-86-33-34-87-31-26-67-58(76)41-90-37-35-89-32-27-68-61(78)49(43-92)69-59(77)42-91-38-36-88-30-25-66-57(75)19-13-12-15-53-60-50(44-93-53)70-62(79)71-60/h7,9-10,16-17,20-23,39-40,49-50,53,60H,6,8,11-15,18-19,24-38,41-44H2,1-5H3,(H9-,65,66,67,68,69,70,71,74,75,76,77,78,79,80,81,82,83,84,85,92)/p+1/t49-,50?,53-,60?/m0/s1. The number of benzene rings is 2. The zero-order chi connectivity index (χ0) is 69.0. The molecule has 95 heavy (non-hydrogen) atoms. The monoisotopic (exact) mass is 1410 g/mol. The van der Waals surface area contributed by atoms with Crippen molar-refractivity contribution in [2.45, 2.75) is 130 Å². The van der Waals surface area contributed by atoms with Gasteiger partial charge in [-0.3, -0.25) is 33.1 Å². The smallest absolute Gasteiger partial charge is 0.315 e. The van der Waals surface area contributed by atoms with Gasteiger partial charge in [0.15, 0.2) is 5.71 Å². The van der Waals surface area contributed by atoms with Gasteiger partial charge >= 0.3 is 6.03 Å². The first-order valence-corrected chi connectivity index (χ1v) is 36.8. The van der Waals surface area contributed by atoms with Crippen molar-refractivity contribution in [1.82, 2.24) is 37.2 Å². The largest absolute Gasteiger partial charge is 0.377 e. The van der Waals surface area contributed by atoms with E-state index in [0.29, 0.717) is 70.5 Å². The summed E-state index contributed by atoms with van der Waals surface area (Å²) in [5, 5.41) is 19.9. The number of fused-ring (bicyclic) bond motifs is 3. The SMILES string of the molecule is CCN1/C(=C/C=C/C=C/C2=[N+](CCCCCC(=O)NCCOCCOCCNC(=O)COCCOCCNC(=O)[C@H](CS)NC(=O)COCCOCCNC(=O)CCCC[C@@H]3SCC4NC(=O)NC43)c3ccc(S(=O)(=O)O)cc3C2(C)C)C(C)(C)c2cc(S(=O)(=O)O)ccc21. The van der Waals surface area contributed by atoms with Gasteiger partial charge in [0.05, 0.1) is 93.4 Å². The fourth-order valence-corrected chi connectivity index (χ4v) is 14.3. The number of anilines is 1. The summed E-state index contributed by atoms with van der Waals surface area (Å²) < 4.78 is 103. The molecule has 0 aromatic heterocycles. The summed E-state index contributed by atoms with van der Waals surface area (Å²) in [6.07, 6.45) is 15.2. The second-order valence-electron chi connectivity index (χ2n) is 24.0. The minimum absolute atomic E-state index is 0.0469. The third-order valence-electron chi connectivity index (χ3n) is 16.4. The lowest BCUT2D eigenvalue weighted by atomic mass is 9.81. The maximum absolute atomic E-state index is 12.7. The number of allylic oxidation sites excluding steroid dienone is 6. The number of nitrogens with one attached hydrogen (secondary N) is 7. The highest BCUT2D eigenvalue weighted by molar-refractivity contribution is 8.00. The van der Waals surface area contributed by atoms with Crippen LogP contribution in [0.4, 0.5) is 16.2 Å². The number of amides is 7. The van der Waals surface area contributed by atoms with E-state index in [9.17, 15) is 54.7 Å². The number of carbonyl (C=O) groups is 6. The van der Waals surface area contributed by atoms with Crippen LogP contribution >= 0.6 is 24.4 Å². The summed E-state index contributed by atoms with van der Waals surface area (Å²) in [5.74, 6) is -0.443. The number of unbranched alkanes of at least 4 members (excludes halogenated alkanes) is 3. The summed E-state index contributed by atoms with van der Waals surface area (Å²) in [6, 6.07) is 8.62. The van der Waals surface area contributed by atoms with Crippen molar-refractivity contribution in [3.63, 3.8) is 0 Å². The molecule has 0 saturated carbocycles. The van der Waals surface area contributed by atoms with E-state index in [2.05, 4.69) is 59.3 Å². The summed E-state index contributed by atoms with van der Waals surface area (Å²) in [6.45, 7) is 14.1. The number of thiol groups is 1. The Kier molecular flexibility index (Phi) is 31.9. The van der Waals surface area contributed by atoms with Crippen LogP contribution in [0.3, 0.4) is 0 Å². The van der Waals surface area contributed by atoms with E-state index in [0.717, 1.165) is 71.8 Å². The number of hydrogen-bond acceptors (Lipinski definition) is 19. The number of rotatable bonds is 45. The predicted molar refractivity (Wildman–Crippen MR) is 363 cm³/mol. The Bertz CT molecular complexity index is 3290. The summed E-state index contributed by atoms with van der Waals surface area (Å²) in [5.41, 5.74) is 3.88. The zero-order valence-electron chi connectivity index (χ0n) is 55.0. The van der Waals surface area contributed by atoms with E-state index in [1.807, 2.05) is 76.8 Å². The number of nitrogens with zero attached hydrogens (tertiary/aromatic N) is 2. The van der Waals surface area contributed by atoms with Crippen LogP contribution in [0.1, 0.15) is 97.1 Å². The Morgan fingerprint density at radius 3 is 1.81 bits per heavy atom. The van der Waals surface area contributed by atoms with Gasteiger partial charge in [0, 0.05) is 103 Å². The fourth-order valence-electron chi connectivity index (χ4n) is 11.5. The van der Waals surface area contributed by atoms with Gasteiger partial charge in [-0.05, 0) is 88.4 Å². The molecule has 2 aromatic carbocycles. The molecule has 4 heterocycles. The van der Waals surface area contributed by atoms with Crippen molar-refractivity contribution in [2.24, 2.45) is 0 Å². The lowest BCUT2D eigenvalue weighted by Crippen LogP contribution is -2.49. The van der Waals surface area contributed by atoms with Crippen LogP contribution < -0.4 is 42.1 Å². The van der Waals surface area contributed by atoms with Gasteiger partial charge in [-0.1, -0.05) is 38.5 Å². The van der Waals surface area contributed by atoms with Crippen molar-refractivity contribution in [3.05, 3.63) is 83.6 Å². The lowest BCUT2D eigenvalue weighted by Gasteiger charge is -2.25. The van der Waals surface area contributed by atoms with Crippen molar-refractivity contribution in [2.75, 3.05) is 135 Å². The molecule has 7 amide bonds. The van der Waals surface area contributed by atoms with E-state index in [-0.39, 0.29) is 124 Å². The maximum Gasteiger partial charge on any atom is 0.315 e. The normalized spacial score (nSPS) is 18.6. The quantitative estimate of drug-likeness (QED) is 0.0113. The second kappa shape index (κ2) is 38.8. The number of hydrogen-bond donors (Lipinski definition) is 10. The third-order valence-corrected chi connectivity index (χ3v) is 20.0. The van der Waals surface area contributed by atoms with E-state index < -0.39 is 48.9 Å². The molecule has 2 saturated heterocycles. The first-order chi connectivity index (χ1) is 45.4. The zero-order valence-corrected chi connectivity index (χ0v) is 58.3. The lowest BCUT2D eigenvalue weighted by molar-refractivity contribution is -0.438. The van der Waals surface area contributed by atoms with Crippen molar-refractivity contribution in [1.29, 1.82) is 0 Å². The van der Waals surface area contributed by atoms with E-state index in [4.69, 9.17) is 28.4 Å². The van der Waals surface area contributed by atoms with Gasteiger partial charge in [0.2, 0.25) is 35.2 Å². The first-order valence-electron chi connectivity index (χ1n) is 32.2. The van der Waals surface area contributed by atoms with Gasteiger partial charge < -0.3 is 70.5 Å². The van der Waals surface area contributed by atoms with E-state index >= 15 is 0 Å². The number of thioether (sulfide) groups is 1. The molecule has 2 fully saturated rings. The second-order valence-corrected chi connectivity index (χ2v) is 28.5. The molecule has 0 radical (unpaired) electrons. The molecular weight excluding hydrogens is 1310 g/mol. The summed E-state index contributed by atoms with van der Waals surface area (Å²) in [7, 11) is -8.84. The molecule has 9 N–H and O–H groups in total. The molecule has 0 spiro atoms. The van der Waals surface area contributed by atoms with Crippen LogP contribution in [0.2, 0.25) is 0 Å². The molecule has 6 rings (SSSR count). The Hall–Kier alpha value is -5.97. The predicted octanol–water partition coefficient (Wildman–Crippen LogP) is 3.64. The summed E-state index contributed by atoms with van der Waals surface area (Å²) in [4.78, 5) is 75.2. The van der Waals surface area contributed by atoms with Crippen LogP contribution in [0.5, 0.6) is 0 Å². The molecule has 31 heteroatoms. The minimum Gasteiger partial charge on any atom is -0.377 e. The minimum atomic E-state index is -4.45. The Morgan fingerprint density at radius 1 is 0.674 bits per heavy atom. The number of likely N-dealkylation sites (N-methyl/N-ethyl adjacent to an activating group) is 1. The van der Waals surface area contributed by atoms with Gasteiger partial charge in [-0.15, -0.1) is 0 Å². The highest BCUT2D eigenvalue weighted by Crippen LogP contribution is 2.48. The highest BCUT2D eigenvalue weighted by atomic mass is 32.2. The van der Waals surface area contributed by atoms with Crippen LogP contribution in [0.15, 0.2) is 82.3 Å². The third kappa shape index (κ3) is 24.5. The molecular formula is C64H96N9O18S4+. The van der Waals surface area contributed by atoms with Gasteiger partial charge in [-0.2, -0.15) is 45.8 Å². The van der Waals surface area contributed by atoms with Gasteiger partial charge in [0.1, 0.15) is 25.8 Å². The van der Waals surface area contributed by atoms with Gasteiger partial charge in [-0.25, -0.2) is 4.79 Å². The summed E-state index contributed by atoms with van der Waals surface area (Å²) >= 11 is 6.04. The van der Waals surface area contributed by atoms with E-state index in [1.165, 1.54) is 24.3 Å². The average molecular weight is 1410 g/mol. The molecule has 528 valence electrons. The average Bonchev–Trinajstić information content (AvgIpc) is 1.60. The fraction of sp³-hybridized carbons (Fsp3) is 0.609. The molecule has 27 nitrogen and oxygen atoms in total. The topological polar surface area (TPSA) is 357 Å². The van der Waals surface area contributed by atoms with Crippen LogP contribution in [-0.4, -0.2) is 225 Å². The Balaban J connectivity index is 0.732. The van der Waals surface area contributed by atoms with Crippen molar-refractivity contribution < 1.29 is 87.7 Å². The molecule has 4 atom stereocenters. The van der Waals surface area contributed by atoms with E-state index in [1.54, 1.807) is 12.1 Å². The Morgan fingerprint density at radius 2 is 1.22 bits per heavy atom. The van der Waals surface area contributed by atoms with Crippen LogP contribution in [0, 0.1) is 0 Å². The first kappa shape index (κ1) is 78.0. The molecule has 0 aliphatic carbocycles. The molecule has 4 aliphatic heterocycles. The number of carbonyl (C=O) groups excluding carboxylic acids is 6. The highest BCUT2D eigenvalue weighted by Gasteiger charge is 2.46. The van der Waals surface area contributed by atoms with Crippen LogP contribution in [0.25, 0.3) is 0 Å². The van der Waals surface area contributed by atoms with Gasteiger partial charge in [0.25, 0.3) is 20.2 Å². The molecule has 2 unspecified atom stereocenters. The van der Waals surface area contributed by atoms with Crippen molar-refractivity contribution >= 4 is 97.3 Å². The van der Waals surface area contributed by atoms with Crippen molar-refractivity contribution in [3.8, 4) is 0 Å². The molecule has 2 aromatic rings. The molecule has 4 aliphatic rings. The number of urea groups is 1. The number of ether oxygens (including phenoxy) is 6. The Labute approximate surface area is 567 Å². The van der Waals surface area contributed by atoms with Crippen LogP contribution in [-0.2, 0) is 83.5 Å². The maximum atomic E-state index is 12.7. The molecule has 0 bridgehead atoms.